The number of nitrogens with zero attached hydrogens (tertiary/aromatic N) is 1. The number of hydrogen-bond donors (Lipinski definition) is 0. The summed E-state index contributed by atoms with van der Waals surface area (Å²) in [6.07, 6.45) is 0. The highest BCUT2D eigenvalue weighted by Gasteiger charge is 2.05. The number of aryl methyl sites for hydroxylation is 1. The molecule has 0 fully saturated rings. The van der Waals surface area contributed by atoms with Gasteiger partial charge in [-0.25, -0.2) is 4.98 Å². The van der Waals surface area contributed by atoms with E-state index in [1.165, 1.54) is 6.92 Å². The second-order valence-electron chi connectivity index (χ2n) is 4.34. The van der Waals surface area contributed by atoms with E-state index in [0.717, 1.165) is 16.8 Å². The molecule has 0 spiro atoms. The number of ether oxygens (including phenoxy) is 2. The summed E-state index contributed by atoms with van der Waals surface area (Å²) < 4.78 is 10.2. The molecule has 0 unspecified atom stereocenters. The van der Waals surface area contributed by atoms with Crippen LogP contribution in [0.5, 0.6) is 5.88 Å². The van der Waals surface area contributed by atoms with Crippen molar-refractivity contribution in [3.8, 4) is 17.0 Å². The van der Waals surface area contributed by atoms with Crippen LogP contribution in [0, 0.1) is 6.92 Å². The van der Waals surface area contributed by atoms with Crippen LogP contribution in [0.1, 0.15) is 12.6 Å². The maximum atomic E-state index is 10.6. The predicted octanol–water partition coefficient (Wildman–Crippen LogP) is 3.00. The second-order valence-corrected chi connectivity index (χ2v) is 4.34. The van der Waals surface area contributed by atoms with Gasteiger partial charge in [0.2, 0.25) is 5.88 Å². The number of carbonyl (C=O) groups excluding carboxylic acids is 1. The van der Waals surface area contributed by atoms with Crippen molar-refractivity contribution in [3.05, 3.63) is 48.2 Å². The van der Waals surface area contributed by atoms with E-state index in [-0.39, 0.29) is 12.6 Å². The lowest BCUT2D eigenvalue weighted by molar-refractivity contribution is -0.141. The van der Waals surface area contributed by atoms with E-state index < -0.39 is 0 Å². The fraction of sp³-hybridized carbons (Fsp3) is 0.250. The monoisotopic (exact) mass is 271 g/mol. The molecule has 0 aliphatic rings. The third kappa shape index (κ3) is 3.82. The molecule has 1 aromatic heterocycles. The fourth-order valence-corrected chi connectivity index (χ4v) is 1.87. The van der Waals surface area contributed by atoms with Gasteiger partial charge in [-0.15, -0.1) is 0 Å². The Hall–Kier alpha value is -2.36. The average Bonchev–Trinajstić information content (AvgIpc) is 2.44. The lowest BCUT2D eigenvalue weighted by atomic mass is 10.1. The van der Waals surface area contributed by atoms with Crippen LogP contribution in [0.3, 0.4) is 0 Å². The van der Waals surface area contributed by atoms with Crippen LogP contribution in [0.4, 0.5) is 0 Å². The Bertz CT molecular complexity index is 582. The van der Waals surface area contributed by atoms with Crippen LogP contribution in [-0.4, -0.2) is 24.2 Å². The zero-order valence-corrected chi connectivity index (χ0v) is 11.6. The Labute approximate surface area is 118 Å². The van der Waals surface area contributed by atoms with Crippen LogP contribution in [-0.2, 0) is 9.53 Å². The van der Waals surface area contributed by atoms with Gasteiger partial charge in [0.25, 0.3) is 0 Å². The van der Waals surface area contributed by atoms with Crippen LogP contribution >= 0.6 is 0 Å². The van der Waals surface area contributed by atoms with Crippen molar-refractivity contribution in [3.63, 3.8) is 0 Å². The third-order valence-electron chi connectivity index (χ3n) is 2.78. The van der Waals surface area contributed by atoms with Crippen molar-refractivity contribution in [1.29, 1.82) is 0 Å². The smallest absolute Gasteiger partial charge is 0.302 e. The number of esters is 1. The second kappa shape index (κ2) is 6.70. The molecule has 20 heavy (non-hydrogen) atoms. The van der Waals surface area contributed by atoms with Gasteiger partial charge in [-0.3, -0.25) is 4.79 Å². The van der Waals surface area contributed by atoms with Gasteiger partial charge in [0.05, 0.1) is 0 Å². The molecule has 0 radical (unpaired) electrons. The van der Waals surface area contributed by atoms with Gasteiger partial charge in [0, 0.05) is 24.2 Å². The number of pyridine rings is 1. The highest BCUT2D eigenvalue weighted by atomic mass is 16.6. The molecule has 0 atom stereocenters. The zero-order valence-electron chi connectivity index (χ0n) is 11.6. The van der Waals surface area contributed by atoms with E-state index >= 15 is 0 Å². The molecule has 0 saturated carbocycles. The normalized spacial score (nSPS) is 10.1. The molecule has 0 bridgehead atoms. The van der Waals surface area contributed by atoms with Gasteiger partial charge < -0.3 is 9.47 Å². The number of rotatable bonds is 5. The van der Waals surface area contributed by atoms with Gasteiger partial charge in [0.15, 0.2) is 0 Å². The number of benzene rings is 1. The van der Waals surface area contributed by atoms with E-state index in [1.807, 2.05) is 49.4 Å². The average molecular weight is 271 g/mol. The highest BCUT2D eigenvalue weighted by molar-refractivity contribution is 5.66. The standard InChI is InChI=1S/C16H17NO3/c1-12-15(14-6-4-3-5-7-14)8-9-16(17-12)20-11-10-19-13(2)18/h3-9H,10-11H2,1-2H3. The largest absolute Gasteiger partial charge is 0.474 e. The van der Waals surface area contributed by atoms with Gasteiger partial charge in [-0.2, -0.15) is 0 Å². The molecule has 0 N–H and O–H groups in total. The Morgan fingerprint density at radius 2 is 1.85 bits per heavy atom. The maximum absolute atomic E-state index is 10.6. The van der Waals surface area contributed by atoms with E-state index in [4.69, 9.17) is 9.47 Å². The van der Waals surface area contributed by atoms with Crippen molar-refractivity contribution in [1.82, 2.24) is 4.98 Å². The Balaban J connectivity index is 2.01. The summed E-state index contributed by atoms with van der Waals surface area (Å²) in [4.78, 5) is 15.0. The van der Waals surface area contributed by atoms with Crippen LogP contribution in [0.15, 0.2) is 42.5 Å². The minimum absolute atomic E-state index is 0.233. The Morgan fingerprint density at radius 1 is 1.10 bits per heavy atom. The summed E-state index contributed by atoms with van der Waals surface area (Å²) in [5.41, 5.74) is 3.11. The molecule has 0 aliphatic heterocycles. The van der Waals surface area contributed by atoms with Crippen molar-refractivity contribution in [2.45, 2.75) is 13.8 Å². The minimum atomic E-state index is -0.308. The molecule has 2 aromatic rings. The summed E-state index contributed by atoms with van der Waals surface area (Å²) >= 11 is 0. The molecule has 0 aliphatic carbocycles. The van der Waals surface area contributed by atoms with E-state index in [9.17, 15) is 4.79 Å². The van der Waals surface area contributed by atoms with Crippen molar-refractivity contribution >= 4 is 5.97 Å². The van der Waals surface area contributed by atoms with Crippen LogP contribution in [0.25, 0.3) is 11.1 Å². The quantitative estimate of drug-likeness (QED) is 0.619. The van der Waals surface area contributed by atoms with E-state index in [1.54, 1.807) is 0 Å². The Kier molecular flexibility index (Phi) is 4.71. The van der Waals surface area contributed by atoms with E-state index in [0.29, 0.717) is 12.5 Å². The first kappa shape index (κ1) is 14.1. The van der Waals surface area contributed by atoms with Crippen LogP contribution in [0.2, 0.25) is 0 Å². The van der Waals surface area contributed by atoms with Gasteiger partial charge >= 0.3 is 5.97 Å². The van der Waals surface area contributed by atoms with Gasteiger partial charge in [-0.1, -0.05) is 30.3 Å². The highest BCUT2D eigenvalue weighted by Crippen LogP contribution is 2.23. The first-order chi connectivity index (χ1) is 9.66. The summed E-state index contributed by atoms with van der Waals surface area (Å²) in [6, 6.07) is 13.9. The molecule has 0 amide bonds. The number of carbonyl (C=O) groups is 1. The predicted molar refractivity (Wildman–Crippen MR) is 76.5 cm³/mol. The SMILES string of the molecule is CC(=O)OCCOc1ccc(-c2ccccc2)c(C)n1. The minimum Gasteiger partial charge on any atom is -0.474 e. The molecular weight excluding hydrogens is 254 g/mol. The molecule has 4 heteroatoms. The first-order valence-corrected chi connectivity index (χ1v) is 6.46. The van der Waals surface area contributed by atoms with Crippen molar-refractivity contribution in [2.75, 3.05) is 13.2 Å². The lowest BCUT2D eigenvalue weighted by Gasteiger charge is -2.09. The molecule has 104 valence electrons. The van der Waals surface area contributed by atoms with Gasteiger partial charge in [-0.05, 0) is 18.6 Å². The molecule has 2 rings (SSSR count). The number of aromatic nitrogens is 1. The summed E-state index contributed by atoms with van der Waals surface area (Å²) in [6.45, 7) is 3.85. The third-order valence-corrected chi connectivity index (χ3v) is 2.78. The van der Waals surface area contributed by atoms with Crippen molar-refractivity contribution < 1.29 is 14.3 Å². The summed E-state index contributed by atoms with van der Waals surface area (Å²) in [7, 11) is 0. The molecule has 0 saturated heterocycles. The Morgan fingerprint density at radius 3 is 2.50 bits per heavy atom. The molecule has 4 nitrogen and oxygen atoms in total. The van der Waals surface area contributed by atoms with Crippen LogP contribution < -0.4 is 4.74 Å². The van der Waals surface area contributed by atoms with Crippen molar-refractivity contribution in [2.24, 2.45) is 0 Å². The topological polar surface area (TPSA) is 48.4 Å². The summed E-state index contributed by atoms with van der Waals surface area (Å²) in [5.74, 6) is 0.228. The van der Waals surface area contributed by atoms with E-state index in [2.05, 4.69) is 4.98 Å². The fourth-order valence-electron chi connectivity index (χ4n) is 1.87. The molecule has 1 aromatic carbocycles. The lowest BCUT2D eigenvalue weighted by Crippen LogP contribution is -2.10. The summed E-state index contributed by atoms with van der Waals surface area (Å²) in [5, 5.41) is 0. The number of hydrogen-bond acceptors (Lipinski definition) is 4. The molecular formula is C16H17NO3. The molecule has 1 heterocycles. The maximum Gasteiger partial charge on any atom is 0.302 e. The van der Waals surface area contributed by atoms with Gasteiger partial charge in [0.1, 0.15) is 13.2 Å². The zero-order chi connectivity index (χ0) is 14.4. The first-order valence-electron chi connectivity index (χ1n) is 6.46.